The molecule has 61 heavy (non-hydrogen) atoms. The molecule has 0 aliphatic rings. The maximum absolute atomic E-state index is 6.82. The van der Waals surface area contributed by atoms with E-state index < -0.39 is 0 Å². The minimum absolute atomic E-state index is 0.619. The molecule has 12 aromatic rings. The minimum atomic E-state index is 0.619. The summed E-state index contributed by atoms with van der Waals surface area (Å²) in [6.07, 6.45) is 0. The Bertz CT molecular complexity index is 3630. The first-order chi connectivity index (χ1) is 30.2. The Morgan fingerprint density at radius 2 is 0.787 bits per heavy atom. The van der Waals surface area contributed by atoms with Crippen molar-refractivity contribution in [1.82, 2.24) is 15.0 Å². The fraction of sp³-hybridized carbons (Fsp3) is 0. The highest BCUT2D eigenvalue weighted by Gasteiger charge is 2.21. The van der Waals surface area contributed by atoms with Gasteiger partial charge in [-0.05, 0) is 96.0 Å². The van der Waals surface area contributed by atoms with Crippen molar-refractivity contribution in [3.05, 3.63) is 212 Å². The van der Waals surface area contributed by atoms with Crippen molar-refractivity contribution < 1.29 is 4.42 Å². The van der Waals surface area contributed by atoms with E-state index in [1.807, 2.05) is 24.3 Å². The molecule has 12 rings (SSSR count). The molecule has 0 aliphatic heterocycles. The van der Waals surface area contributed by atoms with Crippen LogP contribution in [0.1, 0.15) is 0 Å². The van der Waals surface area contributed by atoms with Crippen LogP contribution in [0.25, 0.3) is 122 Å². The summed E-state index contributed by atoms with van der Waals surface area (Å²) >= 11 is 0. The van der Waals surface area contributed by atoms with Crippen LogP contribution in [0.3, 0.4) is 0 Å². The Morgan fingerprint density at radius 1 is 0.262 bits per heavy atom. The molecular formula is C57H35N3O. The number of aromatic nitrogens is 3. The molecule has 0 unspecified atom stereocenters. The van der Waals surface area contributed by atoms with Gasteiger partial charge in [0.2, 0.25) is 0 Å². The van der Waals surface area contributed by atoms with Crippen LogP contribution in [0.4, 0.5) is 0 Å². The average molecular weight is 778 g/mol. The number of benzene rings is 10. The fourth-order valence-corrected chi connectivity index (χ4v) is 8.95. The van der Waals surface area contributed by atoms with Crippen LogP contribution in [0.5, 0.6) is 0 Å². The first-order valence-electron chi connectivity index (χ1n) is 20.6. The predicted octanol–water partition coefficient (Wildman–Crippen LogP) is 15.2. The monoisotopic (exact) mass is 777 g/mol. The van der Waals surface area contributed by atoms with Gasteiger partial charge in [0.05, 0.1) is 0 Å². The highest BCUT2D eigenvalue weighted by Crippen LogP contribution is 2.45. The van der Waals surface area contributed by atoms with Gasteiger partial charge in [0, 0.05) is 27.5 Å². The van der Waals surface area contributed by atoms with Crippen molar-refractivity contribution in [2.24, 2.45) is 0 Å². The Labute approximate surface area is 352 Å². The SMILES string of the molecule is c1ccc(-c2ccc(-c3nc(-c4ccccc4)nc(-c4ccc(-c5cc(-c6cccc7ccccc67)cc6oc7cc8ccccc8cc7c56)c5ccccc45)n3)cc2)cc1. The zero-order valence-corrected chi connectivity index (χ0v) is 33.0. The second-order valence-electron chi connectivity index (χ2n) is 15.5. The predicted molar refractivity (Wildman–Crippen MR) is 252 cm³/mol. The largest absolute Gasteiger partial charge is 0.456 e. The van der Waals surface area contributed by atoms with Gasteiger partial charge in [-0.2, -0.15) is 0 Å². The van der Waals surface area contributed by atoms with E-state index in [-0.39, 0.29) is 0 Å². The lowest BCUT2D eigenvalue weighted by molar-refractivity contribution is 0.669. The topological polar surface area (TPSA) is 51.8 Å². The molecule has 0 aliphatic carbocycles. The van der Waals surface area contributed by atoms with E-state index in [0.29, 0.717) is 17.5 Å². The summed E-state index contributed by atoms with van der Waals surface area (Å²) in [6.45, 7) is 0. The molecule has 0 fully saturated rings. The molecule has 10 aromatic carbocycles. The number of furan rings is 1. The van der Waals surface area contributed by atoms with Crippen LogP contribution in [-0.4, -0.2) is 15.0 Å². The Kier molecular flexibility index (Phi) is 8.13. The maximum atomic E-state index is 6.82. The van der Waals surface area contributed by atoms with Crippen molar-refractivity contribution in [2.45, 2.75) is 0 Å². The van der Waals surface area contributed by atoms with Crippen LogP contribution in [0, 0.1) is 0 Å². The zero-order chi connectivity index (χ0) is 40.3. The molecule has 2 heterocycles. The third kappa shape index (κ3) is 6.04. The van der Waals surface area contributed by atoms with E-state index in [1.165, 1.54) is 21.7 Å². The molecule has 0 saturated carbocycles. The van der Waals surface area contributed by atoms with Crippen molar-refractivity contribution in [1.29, 1.82) is 0 Å². The lowest BCUT2D eigenvalue weighted by Gasteiger charge is -2.15. The van der Waals surface area contributed by atoms with Gasteiger partial charge in [0.15, 0.2) is 17.5 Å². The Hall–Kier alpha value is -8.21. The van der Waals surface area contributed by atoms with Gasteiger partial charge in [-0.15, -0.1) is 0 Å². The highest BCUT2D eigenvalue weighted by molar-refractivity contribution is 6.20. The van der Waals surface area contributed by atoms with Crippen LogP contribution in [0.2, 0.25) is 0 Å². The van der Waals surface area contributed by atoms with E-state index in [0.717, 1.165) is 82.6 Å². The summed E-state index contributed by atoms with van der Waals surface area (Å²) in [5, 5.41) is 9.07. The molecule has 0 bridgehead atoms. The molecule has 0 saturated heterocycles. The Balaban J connectivity index is 1.08. The average Bonchev–Trinajstić information content (AvgIpc) is 3.70. The smallest absolute Gasteiger partial charge is 0.164 e. The summed E-state index contributed by atoms with van der Waals surface area (Å²) in [6, 6.07) is 74.7. The maximum Gasteiger partial charge on any atom is 0.164 e. The summed E-state index contributed by atoms with van der Waals surface area (Å²) < 4.78 is 6.82. The molecule has 0 atom stereocenters. The van der Waals surface area contributed by atoms with Crippen molar-refractivity contribution in [3.63, 3.8) is 0 Å². The summed E-state index contributed by atoms with van der Waals surface area (Å²) in [7, 11) is 0. The molecular weight excluding hydrogens is 743 g/mol. The van der Waals surface area contributed by atoms with Crippen molar-refractivity contribution in [2.75, 3.05) is 0 Å². The van der Waals surface area contributed by atoms with Crippen LogP contribution in [-0.2, 0) is 0 Å². The van der Waals surface area contributed by atoms with E-state index in [9.17, 15) is 0 Å². The van der Waals surface area contributed by atoms with Gasteiger partial charge in [-0.3, -0.25) is 0 Å². The van der Waals surface area contributed by atoms with Gasteiger partial charge in [0.25, 0.3) is 0 Å². The van der Waals surface area contributed by atoms with Crippen LogP contribution < -0.4 is 0 Å². The Morgan fingerprint density at radius 3 is 1.52 bits per heavy atom. The van der Waals surface area contributed by atoms with E-state index >= 15 is 0 Å². The van der Waals surface area contributed by atoms with Crippen molar-refractivity contribution in [3.8, 4) is 67.5 Å². The van der Waals surface area contributed by atoms with Gasteiger partial charge in [-0.25, -0.2) is 15.0 Å². The lowest BCUT2D eigenvalue weighted by Crippen LogP contribution is -2.01. The fourth-order valence-electron chi connectivity index (χ4n) is 8.95. The van der Waals surface area contributed by atoms with Gasteiger partial charge >= 0.3 is 0 Å². The number of rotatable bonds is 6. The van der Waals surface area contributed by atoms with Crippen molar-refractivity contribution >= 4 is 54.3 Å². The standard InChI is InChI=1S/C57H35N3O/c1-3-14-36(15-4-1)37-26-28-40(29-27-37)56-58-55(39-17-5-2-6-18-39)59-57(60-56)49-31-30-48(46-23-11-12-24-47(46)49)50-33-43(45-25-13-21-38-16-9-10-22-44(38)45)35-53-54(50)51-32-41-19-7-8-20-42(41)34-52(51)61-53/h1-35H. The number of hydrogen-bond acceptors (Lipinski definition) is 4. The summed E-state index contributed by atoms with van der Waals surface area (Å²) in [5.41, 5.74) is 11.3. The number of fused-ring (bicyclic) bond motifs is 6. The second kappa shape index (κ2) is 14.3. The van der Waals surface area contributed by atoms with E-state index in [1.54, 1.807) is 0 Å². The summed E-state index contributed by atoms with van der Waals surface area (Å²) in [5.74, 6) is 1.87. The molecule has 0 radical (unpaired) electrons. The van der Waals surface area contributed by atoms with Crippen LogP contribution in [0.15, 0.2) is 217 Å². The highest BCUT2D eigenvalue weighted by atomic mass is 16.3. The third-order valence-corrected chi connectivity index (χ3v) is 11.9. The first kappa shape index (κ1) is 34.8. The van der Waals surface area contributed by atoms with Gasteiger partial charge in [-0.1, -0.05) is 182 Å². The van der Waals surface area contributed by atoms with Crippen LogP contribution >= 0.6 is 0 Å². The molecule has 0 amide bonds. The quantitative estimate of drug-likeness (QED) is 0.169. The zero-order valence-electron chi connectivity index (χ0n) is 33.0. The summed E-state index contributed by atoms with van der Waals surface area (Å²) in [4.78, 5) is 15.4. The molecule has 0 N–H and O–H groups in total. The second-order valence-corrected chi connectivity index (χ2v) is 15.5. The third-order valence-electron chi connectivity index (χ3n) is 11.9. The normalized spacial score (nSPS) is 11.6. The minimum Gasteiger partial charge on any atom is -0.456 e. The lowest BCUT2D eigenvalue weighted by atomic mass is 9.89. The number of nitrogens with zero attached hydrogens (tertiary/aromatic N) is 3. The van der Waals surface area contributed by atoms with E-state index in [2.05, 4.69) is 188 Å². The molecule has 4 heteroatoms. The molecule has 0 spiro atoms. The molecule has 284 valence electrons. The van der Waals surface area contributed by atoms with Gasteiger partial charge < -0.3 is 4.42 Å². The van der Waals surface area contributed by atoms with Gasteiger partial charge in [0.1, 0.15) is 11.2 Å². The number of hydrogen-bond donors (Lipinski definition) is 0. The van der Waals surface area contributed by atoms with E-state index in [4.69, 9.17) is 19.4 Å². The molecule has 2 aromatic heterocycles. The molecule has 4 nitrogen and oxygen atoms in total. The first-order valence-corrected chi connectivity index (χ1v) is 20.6.